The van der Waals surface area contributed by atoms with Crippen LogP contribution in [0.2, 0.25) is 0 Å². The average Bonchev–Trinajstić information content (AvgIpc) is 3.29. The van der Waals surface area contributed by atoms with Crippen LogP contribution in [0.25, 0.3) is 0 Å². The number of esters is 2. The Kier molecular flexibility index (Phi) is 41.5. The zero-order valence-corrected chi connectivity index (χ0v) is 40.8. The molecule has 10 nitrogen and oxygen atoms in total. The second-order valence-electron chi connectivity index (χ2n) is 18.0. The Labute approximate surface area is 390 Å². The second-order valence-corrected chi connectivity index (χ2v) is 18.0. The molecule has 1 saturated heterocycles. The summed E-state index contributed by atoms with van der Waals surface area (Å²) in [6.45, 7) is 3.40. The number of hydrogen-bond acceptors (Lipinski definition) is 10. The summed E-state index contributed by atoms with van der Waals surface area (Å²) < 4.78 is 22.2. The highest BCUT2D eigenvalue weighted by atomic mass is 16.7. The highest BCUT2D eigenvalue weighted by Gasteiger charge is 2.44. The van der Waals surface area contributed by atoms with Crippen molar-refractivity contribution in [1.29, 1.82) is 0 Å². The summed E-state index contributed by atoms with van der Waals surface area (Å²) in [6.07, 6.45) is 46.9. The van der Waals surface area contributed by atoms with Gasteiger partial charge in [-0.2, -0.15) is 0 Å². The van der Waals surface area contributed by atoms with Crippen molar-refractivity contribution in [2.45, 2.75) is 263 Å². The molecule has 1 rings (SSSR count). The molecule has 64 heavy (non-hydrogen) atoms. The Balaban J connectivity index is 2.25. The number of hydrogen-bond donors (Lipinski definition) is 4. The van der Waals surface area contributed by atoms with Gasteiger partial charge >= 0.3 is 11.9 Å². The van der Waals surface area contributed by atoms with Crippen molar-refractivity contribution in [3.05, 3.63) is 48.6 Å². The minimum Gasteiger partial charge on any atom is -0.462 e. The molecule has 0 spiro atoms. The van der Waals surface area contributed by atoms with E-state index in [0.29, 0.717) is 12.8 Å². The van der Waals surface area contributed by atoms with Gasteiger partial charge in [-0.05, 0) is 77.0 Å². The highest BCUT2D eigenvalue weighted by Crippen LogP contribution is 2.23. The van der Waals surface area contributed by atoms with E-state index >= 15 is 0 Å². The first kappa shape index (κ1) is 59.7. The zero-order chi connectivity index (χ0) is 46.6. The molecule has 0 aromatic carbocycles. The quantitative estimate of drug-likeness (QED) is 0.0264. The summed E-state index contributed by atoms with van der Waals surface area (Å²) in [7, 11) is 0. The van der Waals surface area contributed by atoms with Gasteiger partial charge in [0.25, 0.3) is 0 Å². The maximum atomic E-state index is 12.8. The van der Waals surface area contributed by atoms with Gasteiger partial charge < -0.3 is 39.4 Å². The Bertz CT molecular complexity index is 1180. The lowest BCUT2D eigenvalue weighted by Gasteiger charge is -2.39. The lowest BCUT2D eigenvalue weighted by atomic mass is 9.99. The third kappa shape index (κ3) is 34.9. The number of aliphatic hydroxyl groups is 4. The van der Waals surface area contributed by atoms with E-state index in [1.807, 2.05) is 0 Å². The third-order valence-electron chi connectivity index (χ3n) is 11.9. The highest BCUT2D eigenvalue weighted by molar-refractivity contribution is 5.70. The number of allylic oxidation sites excluding steroid dienone is 8. The van der Waals surface area contributed by atoms with Crippen LogP contribution in [0.3, 0.4) is 0 Å². The molecule has 0 radical (unpaired) electrons. The summed E-state index contributed by atoms with van der Waals surface area (Å²) in [5.41, 5.74) is 0. The van der Waals surface area contributed by atoms with E-state index in [9.17, 15) is 30.0 Å². The van der Waals surface area contributed by atoms with Crippen LogP contribution in [-0.4, -0.2) is 89.0 Å². The van der Waals surface area contributed by atoms with Crippen LogP contribution in [0.15, 0.2) is 48.6 Å². The van der Waals surface area contributed by atoms with Gasteiger partial charge in [0, 0.05) is 12.8 Å². The Morgan fingerprint density at radius 3 is 1.31 bits per heavy atom. The van der Waals surface area contributed by atoms with Gasteiger partial charge in [0.05, 0.1) is 13.2 Å². The van der Waals surface area contributed by atoms with Crippen molar-refractivity contribution >= 4 is 11.9 Å². The van der Waals surface area contributed by atoms with Crippen LogP contribution in [0.1, 0.15) is 226 Å². The standard InChI is InChI=1S/C54H96O10/c1-3-5-7-9-11-13-15-17-19-21-22-23-24-25-26-27-29-31-33-35-37-39-41-43-50(57)63-47(46-62-54-53(60)52(59)51(58)48(44-55)64-54)45-61-49(56)42-40-38-36-34-32-30-28-20-18-16-14-12-10-8-6-4-2/h14-17,20-22,28,47-48,51-55,58-60H,3-13,18-19,23-27,29-46H2,1-2H3/b16-14-,17-15-,22-21-,28-20-. The predicted octanol–water partition coefficient (Wildman–Crippen LogP) is 12.4. The maximum absolute atomic E-state index is 12.8. The average molecular weight is 905 g/mol. The van der Waals surface area contributed by atoms with Crippen molar-refractivity contribution in [2.75, 3.05) is 19.8 Å². The number of ether oxygens (including phenoxy) is 4. The fraction of sp³-hybridized carbons (Fsp3) is 0.815. The molecule has 0 saturated carbocycles. The van der Waals surface area contributed by atoms with Gasteiger partial charge in [-0.1, -0.05) is 184 Å². The molecule has 1 fully saturated rings. The molecular weight excluding hydrogens is 809 g/mol. The maximum Gasteiger partial charge on any atom is 0.306 e. The van der Waals surface area contributed by atoms with Crippen LogP contribution in [-0.2, 0) is 28.5 Å². The SMILES string of the molecule is CCCCCC/C=C\C/C=C\CCCCCCCC(=O)OCC(COC1OC(CO)C(O)C(O)C1O)OC(=O)CCCCCCCCCCCCC/C=C\C/C=C\CCCCCCC. The number of aliphatic hydroxyl groups excluding tert-OH is 4. The molecule has 0 aromatic heterocycles. The fourth-order valence-electron chi connectivity index (χ4n) is 7.78. The van der Waals surface area contributed by atoms with Crippen LogP contribution in [0.4, 0.5) is 0 Å². The third-order valence-corrected chi connectivity index (χ3v) is 11.9. The summed E-state index contributed by atoms with van der Waals surface area (Å²) in [5.74, 6) is -0.820. The first-order chi connectivity index (χ1) is 31.3. The minimum atomic E-state index is -1.60. The molecular formula is C54H96O10. The fourth-order valence-corrected chi connectivity index (χ4v) is 7.78. The lowest BCUT2D eigenvalue weighted by molar-refractivity contribution is -0.305. The first-order valence-corrected chi connectivity index (χ1v) is 26.2. The number of carbonyl (C=O) groups is 2. The number of rotatable bonds is 44. The van der Waals surface area contributed by atoms with Crippen LogP contribution >= 0.6 is 0 Å². The van der Waals surface area contributed by atoms with Crippen molar-refractivity contribution in [3.63, 3.8) is 0 Å². The Hall–Kier alpha value is -2.34. The molecule has 0 bridgehead atoms. The molecule has 0 amide bonds. The topological polar surface area (TPSA) is 152 Å². The zero-order valence-electron chi connectivity index (χ0n) is 40.8. The van der Waals surface area contributed by atoms with Crippen molar-refractivity contribution < 1.29 is 49.0 Å². The van der Waals surface area contributed by atoms with Gasteiger partial charge in [-0.3, -0.25) is 9.59 Å². The summed E-state index contributed by atoms with van der Waals surface area (Å²) in [5, 5.41) is 40.2. The summed E-state index contributed by atoms with van der Waals surface area (Å²) in [4.78, 5) is 25.5. The van der Waals surface area contributed by atoms with Gasteiger partial charge in [0.2, 0.25) is 0 Å². The van der Waals surface area contributed by atoms with E-state index in [1.165, 1.54) is 122 Å². The van der Waals surface area contributed by atoms with Crippen LogP contribution in [0, 0.1) is 0 Å². The second kappa shape index (κ2) is 44.5. The van der Waals surface area contributed by atoms with E-state index in [-0.39, 0.29) is 32.0 Å². The first-order valence-electron chi connectivity index (χ1n) is 26.2. The van der Waals surface area contributed by atoms with Gasteiger partial charge in [0.15, 0.2) is 12.4 Å². The molecule has 1 aliphatic rings. The van der Waals surface area contributed by atoms with Crippen molar-refractivity contribution in [2.24, 2.45) is 0 Å². The molecule has 6 atom stereocenters. The van der Waals surface area contributed by atoms with Crippen molar-refractivity contribution in [1.82, 2.24) is 0 Å². The number of carbonyl (C=O) groups excluding carboxylic acids is 2. The Morgan fingerprint density at radius 1 is 0.484 bits per heavy atom. The largest absolute Gasteiger partial charge is 0.462 e. The molecule has 0 aromatic rings. The lowest BCUT2D eigenvalue weighted by Crippen LogP contribution is -2.59. The molecule has 1 aliphatic heterocycles. The predicted molar refractivity (Wildman–Crippen MR) is 261 cm³/mol. The Morgan fingerprint density at radius 2 is 0.875 bits per heavy atom. The molecule has 1 heterocycles. The minimum absolute atomic E-state index is 0.224. The van der Waals surface area contributed by atoms with Crippen molar-refractivity contribution in [3.8, 4) is 0 Å². The van der Waals surface area contributed by atoms with Crippen LogP contribution in [0.5, 0.6) is 0 Å². The normalized spacial score (nSPS) is 19.8. The van der Waals surface area contributed by atoms with E-state index in [4.69, 9.17) is 18.9 Å². The molecule has 6 unspecified atom stereocenters. The molecule has 4 N–H and O–H groups in total. The monoisotopic (exact) mass is 905 g/mol. The van der Waals surface area contributed by atoms with Gasteiger partial charge in [-0.15, -0.1) is 0 Å². The smallest absolute Gasteiger partial charge is 0.306 e. The summed E-state index contributed by atoms with van der Waals surface area (Å²) >= 11 is 0. The van der Waals surface area contributed by atoms with Gasteiger partial charge in [-0.25, -0.2) is 0 Å². The van der Waals surface area contributed by atoms with Gasteiger partial charge in [0.1, 0.15) is 31.0 Å². The molecule has 10 heteroatoms. The molecule has 0 aliphatic carbocycles. The van der Waals surface area contributed by atoms with Crippen LogP contribution < -0.4 is 0 Å². The summed E-state index contributed by atoms with van der Waals surface area (Å²) in [6, 6.07) is 0. The molecule has 372 valence electrons. The van der Waals surface area contributed by atoms with E-state index in [2.05, 4.69) is 62.5 Å². The van der Waals surface area contributed by atoms with E-state index in [0.717, 1.165) is 64.2 Å². The van der Waals surface area contributed by atoms with E-state index < -0.39 is 49.4 Å². The number of unbranched alkanes of at least 4 members (excludes halogenated alkanes) is 25. The van der Waals surface area contributed by atoms with E-state index in [1.54, 1.807) is 0 Å².